The summed E-state index contributed by atoms with van der Waals surface area (Å²) in [4.78, 5) is 15.3. The first kappa shape index (κ1) is 42.0. The van der Waals surface area contributed by atoms with Crippen molar-refractivity contribution in [3.63, 3.8) is 0 Å². The zero-order chi connectivity index (χ0) is 41.2. The third-order valence-electron chi connectivity index (χ3n) is 9.11. The highest BCUT2D eigenvalue weighted by Crippen LogP contribution is 2.40. The van der Waals surface area contributed by atoms with Crippen LogP contribution in [-0.4, -0.2) is 34.2 Å². The van der Waals surface area contributed by atoms with Gasteiger partial charge in [-0.1, -0.05) is 95.0 Å². The fraction of sp³-hybridized carbons (Fsp3) is 0.128. The number of methoxy groups -OCH3 is 4. The molecule has 0 fully saturated rings. The molecule has 0 saturated heterocycles. The highest BCUT2D eigenvalue weighted by Gasteiger charge is 2.30. The monoisotopic (exact) mass is 854 g/mol. The number of hydrogen-bond donors (Lipinski definition) is 0. The van der Waals surface area contributed by atoms with Gasteiger partial charge in [-0.25, -0.2) is 0 Å². The quantitative estimate of drug-likeness (QED) is 0.0960. The molecule has 0 spiro atoms. The lowest BCUT2D eigenvalue weighted by Gasteiger charge is -2.22. The molecule has 0 aromatic heterocycles. The molecule has 0 N–H and O–H groups in total. The third kappa shape index (κ3) is 10.5. The highest BCUT2D eigenvalue weighted by atomic mass is 35.5. The molecule has 6 aromatic rings. The van der Waals surface area contributed by atoms with E-state index in [1.165, 1.54) is 0 Å². The minimum atomic E-state index is -0.898. The zero-order valence-electron chi connectivity index (χ0n) is 31.9. The Labute approximate surface area is 357 Å². The van der Waals surface area contributed by atoms with Crippen molar-refractivity contribution in [2.24, 2.45) is 0 Å². The number of Topliss-reactive ketones (excluding diaryl/α,β-unsaturated/α-hetero) is 1. The molecule has 58 heavy (non-hydrogen) atoms. The fourth-order valence-corrected chi connectivity index (χ4v) is 7.13. The van der Waals surface area contributed by atoms with E-state index >= 15 is 4.79 Å². The van der Waals surface area contributed by atoms with Crippen molar-refractivity contribution in [2.45, 2.75) is 11.8 Å². The van der Waals surface area contributed by atoms with E-state index in [-0.39, 0.29) is 5.78 Å². The summed E-state index contributed by atoms with van der Waals surface area (Å²) in [5, 5.41) is 1.67. The SMILES string of the molecule is COc1ccc(C=CC(C(=O)C(C=Cc2ccc(OC)cc2OC)c2ccc(Oc3cccc(Cl)c3)cc2Cl)c2ccc(Oc3cccc(Cl)c3)cc2Cl)c(OC)c1. The van der Waals surface area contributed by atoms with Gasteiger partial charge in [0.1, 0.15) is 46.0 Å². The van der Waals surface area contributed by atoms with Crippen LogP contribution in [-0.2, 0) is 4.79 Å². The van der Waals surface area contributed by atoms with Gasteiger partial charge in [-0.05, 0) is 96.1 Å². The third-order valence-corrected chi connectivity index (χ3v) is 10.2. The molecule has 0 aliphatic rings. The molecule has 7 nitrogen and oxygen atoms in total. The summed E-state index contributed by atoms with van der Waals surface area (Å²) < 4.78 is 34.3. The maximum Gasteiger partial charge on any atom is 0.155 e. The first-order valence-electron chi connectivity index (χ1n) is 17.9. The van der Waals surface area contributed by atoms with Crippen LogP contribution in [0.4, 0.5) is 0 Å². The van der Waals surface area contributed by atoms with Gasteiger partial charge in [0.2, 0.25) is 0 Å². The van der Waals surface area contributed by atoms with E-state index in [0.29, 0.717) is 88.3 Å². The summed E-state index contributed by atoms with van der Waals surface area (Å²) in [5.41, 5.74) is 2.50. The summed E-state index contributed by atoms with van der Waals surface area (Å²) >= 11 is 26.5. The average molecular weight is 857 g/mol. The molecule has 2 unspecified atom stereocenters. The molecule has 2 atom stereocenters. The van der Waals surface area contributed by atoms with E-state index in [9.17, 15) is 0 Å². The number of halogens is 4. The first-order valence-corrected chi connectivity index (χ1v) is 19.4. The van der Waals surface area contributed by atoms with Crippen LogP contribution >= 0.6 is 46.4 Å². The van der Waals surface area contributed by atoms with Crippen LogP contribution < -0.4 is 28.4 Å². The maximum absolute atomic E-state index is 15.3. The van der Waals surface area contributed by atoms with Crippen LogP contribution in [0.25, 0.3) is 12.2 Å². The summed E-state index contributed by atoms with van der Waals surface area (Å²) in [6.45, 7) is 0. The number of allylic oxidation sites excluding steroid dienone is 2. The second-order valence-electron chi connectivity index (χ2n) is 12.8. The molecule has 0 amide bonds. The summed E-state index contributed by atoms with van der Waals surface area (Å²) in [6, 6.07) is 35.3. The lowest BCUT2D eigenvalue weighted by atomic mass is 9.82. The maximum atomic E-state index is 15.3. The Morgan fingerprint density at radius 1 is 0.466 bits per heavy atom. The first-order chi connectivity index (χ1) is 28.1. The van der Waals surface area contributed by atoms with Gasteiger partial charge in [-0.15, -0.1) is 0 Å². The Hall–Kier alpha value is -5.57. The molecular formula is C47H38Cl4O7. The zero-order valence-corrected chi connectivity index (χ0v) is 34.9. The summed E-state index contributed by atoms with van der Waals surface area (Å²) in [6.07, 6.45) is 7.24. The van der Waals surface area contributed by atoms with Crippen molar-refractivity contribution in [1.29, 1.82) is 0 Å². The number of carbonyl (C=O) groups is 1. The van der Waals surface area contributed by atoms with E-state index in [4.69, 9.17) is 74.8 Å². The van der Waals surface area contributed by atoms with Crippen LogP contribution in [0, 0.1) is 0 Å². The van der Waals surface area contributed by atoms with Gasteiger partial charge >= 0.3 is 0 Å². The molecule has 11 heteroatoms. The molecule has 0 aliphatic heterocycles. The number of rotatable bonds is 16. The summed E-state index contributed by atoms with van der Waals surface area (Å²) in [5.74, 6) is 2.32. The van der Waals surface area contributed by atoms with Gasteiger partial charge in [0, 0.05) is 43.4 Å². The van der Waals surface area contributed by atoms with Crippen molar-refractivity contribution in [3.8, 4) is 46.0 Å². The van der Waals surface area contributed by atoms with E-state index in [1.54, 1.807) is 138 Å². The number of benzene rings is 6. The van der Waals surface area contributed by atoms with Crippen molar-refractivity contribution < 1.29 is 33.2 Å². The second-order valence-corrected chi connectivity index (χ2v) is 14.5. The number of ketones is 1. The van der Waals surface area contributed by atoms with E-state index in [0.717, 1.165) is 0 Å². The van der Waals surface area contributed by atoms with Gasteiger partial charge in [0.15, 0.2) is 5.78 Å². The standard InChI is InChI=1S/C47H38Cl4O7/c1-53-33-15-11-29(45(27-33)55-3)13-19-41(39-21-17-37(25-43(39)50)57-35-9-5-7-31(48)23-35)47(52)42(20-14-30-12-16-34(54-2)28-46(30)56-4)40-22-18-38(26-44(40)51)58-36-10-6-8-32(49)24-36/h5-28,41-42H,1-4H3. The van der Waals surface area contributed by atoms with Gasteiger partial charge < -0.3 is 28.4 Å². The Balaban J connectivity index is 1.46. The Kier molecular flexibility index (Phi) is 14.3. The van der Waals surface area contributed by atoms with Gasteiger partial charge in [0.25, 0.3) is 0 Å². The lowest BCUT2D eigenvalue weighted by Crippen LogP contribution is -2.19. The predicted molar refractivity (Wildman–Crippen MR) is 234 cm³/mol. The van der Waals surface area contributed by atoms with E-state index in [1.807, 2.05) is 36.4 Å². The predicted octanol–water partition coefficient (Wildman–Crippen LogP) is 13.8. The fourth-order valence-electron chi connectivity index (χ4n) is 6.19. The molecular weight excluding hydrogens is 818 g/mol. The number of carbonyl (C=O) groups excluding carboxylic acids is 1. The van der Waals surface area contributed by atoms with E-state index in [2.05, 4.69) is 0 Å². The molecule has 6 aromatic carbocycles. The Morgan fingerprint density at radius 2 is 0.862 bits per heavy atom. The van der Waals surface area contributed by atoms with Gasteiger partial charge in [0.05, 0.1) is 40.3 Å². The molecule has 296 valence electrons. The van der Waals surface area contributed by atoms with Crippen LogP contribution in [0.15, 0.2) is 133 Å². The second kappa shape index (κ2) is 19.7. The normalized spacial score (nSPS) is 12.3. The Bertz CT molecular complexity index is 2290. The van der Waals surface area contributed by atoms with Crippen LogP contribution in [0.5, 0.6) is 46.0 Å². The Morgan fingerprint density at radius 3 is 1.22 bits per heavy atom. The number of hydrogen-bond acceptors (Lipinski definition) is 7. The molecule has 0 aliphatic carbocycles. The topological polar surface area (TPSA) is 72.5 Å². The van der Waals surface area contributed by atoms with Crippen LogP contribution in [0.3, 0.4) is 0 Å². The van der Waals surface area contributed by atoms with E-state index < -0.39 is 11.8 Å². The molecule has 0 bridgehead atoms. The van der Waals surface area contributed by atoms with Crippen LogP contribution in [0.2, 0.25) is 20.1 Å². The minimum absolute atomic E-state index is 0.233. The van der Waals surface area contributed by atoms with Crippen molar-refractivity contribution in [3.05, 3.63) is 176 Å². The summed E-state index contributed by atoms with van der Waals surface area (Å²) in [7, 11) is 6.30. The lowest BCUT2D eigenvalue weighted by molar-refractivity contribution is -0.120. The number of ether oxygens (including phenoxy) is 6. The molecule has 0 radical (unpaired) electrons. The molecule has 0 heterocycles. The highest BCUT2D eigenvalue weighted by molar-refractivity contribution is 6.33. The molecule has 0 saturated carbocycles. The minimum Gasteiger partial charge on any atom is -0.497 e. The van der Waals surface area contributed by atoms with Crippen LogP contribution in [0.1, 0.15) is 34.1 Å². The smallest absolute Gasteiger partial charge is 0.155 e. The molecule has 6 rings (SSSR count). The van der Waals surface area contributed by atoms with Crippen molar-refractivity contribution >= 4 is 64.3 Å². The largest absolute Gasteiger partial charge is 0.497 e. The van der Waals surface area contributed by atoms with Gasteiger partial charge in [-0.2, -0.15) is 0 Å². The average Bonchev–Trinajstić information content (AvgIpc) is 3.22. The van der Waals surface area contributed by atoms with Gasteiger partial charge in [-0.3, -0.25) is 4.79 Å². The van der Waals surface area contributed by atoms with Crippen molar-refractivity contribution in [1.82, 2.24) is 0 Å². The van der Waals surface area contributed by atoms with Crippen molar-refractivity contribution in [2.75, 3.05) is 28.4 Å².